The number of hydrogen-bond acceptors (Lipinski definition) is 3. The topological polar surface area (TPSA) is 69.6 Å². The van der Waals surface area contributed by atoms with E-state index in [0.717, 1.165) is 38.5 Å². The Kier molecular flexibility index (Phi) is 32.0. The third-order valence-corrected chi connectivity index (χ3v) is 7.85. The van der Waals surface area contributed by atoms with Gasteiger partial charge in [0.1, 0.15) is 0 Å². The molecule has 1 amide bonds. The average Bonchev–Trinajstić information content (AvgIpc) is 2.97. The molecule has 0 spiro atoms. The van der Waals surface area contributed by atoms with Crippen molar-refractivity contribution in [2.75, 3.05) is 6.61 Å². The molecule has 4 heteroatoms. The van der Waals surface area contributed by atoms with Crippen molar-refractivity contribution in [2.45, 2.75) is 187 Å². The molecule has 0 aromatic carbocycles. The standard InChI is InChI=1S/C37H69NO3/c1-3-5-7-9-11-13-14-15-16-17-18-19-20-21-22-23-25-26-28-30-32-36(40)35(34-39)38-37(41)33-31-29-27-24-12-10-8-6-4-2/h23-25,27,30,32,35-36,39-40H,3-22,26,28-29,31,33-34H2,1-2H3,(H,38,41)/b25-23+,27-24-,32-30+. The second-order valence-corrected chi connectivity index (χ2v) is 11.9. The number of allylic oxidation sites excluding steroid dienone is 5. The average molecular weight is 576 g/mol. The largest absolute Gasteiger partial charge is 0.394 e. The smallest absolute Gasteiger partial charge is 0.220 e. The van der Waals surface area contributed by atoms with Crippen LogP contribution in [0.4, 0.5) is 0 Å². The summed E-state index contributed by atoms with van der Waals surface area (Å²) in [5, 5.41) is 22.7. The summed E-state index contributed by atoms with van der Waals surface area (Å²) in [7, 11) is 0. The highest BCUT2D eigenvalue weighted by Crippen LogP contribution is 2.13. The molecular formula is C37H69NO3. The molecule has 0 saturated heterocycles. The summed E-state index contributed by atoms with van der Waals surface area (Å²) in [6, 6.07) is -0.649. The van der Waals surface area contributed by atoms with Gasteiger partial charge in [-0.3, -0.25) is 4.79 Å². The van der Waals surface area contributed by atoms with Gasteiger partial charge in [-0.2, -0.15) is 0 Å². The first-order chi connectivity index (χ1) is 20.2. The number of rotatable bonds is 31. The second kappa shape index (κ2) is 33.1. The Bertz CT molecular complexity index is 628. The van der Waals surface area contributed by atoms with E-state index in [1.807, 2.05) is 6.08 Å². The summed E-state index contributed by atoms with van der Waals surface area (Å²) in [5.41, 5.74) is 0. The maximum absolute atomic E-state index is 12.2. The van der Waals surface area contributed by atoms with Gasteiger partial charge in [0.05, 0.1) is 18.8 Å². The Morgan fingerprint density at radius 2 is 0.951 bits per heavy atom. The lowest BCUT2D eigenvalue weighted by Crippen LogP contribution is -2.45. The van der Waals surface area contributed by atoms with Crippen LogP contribution in [0.5, 0.6) is 0 Å². The fourth-order valence-corrected chi connectivity index (χ4v) is 5.08. The van der Waals surface area contributed by atoms with E-state index >= 15 is 0 Å². The molecule has 0 aliphatic rings. The molecule has 2 unspecified atom stereocenters. The van der Waals surface area contributed by atoms with Crippen molar-refractivity contribution in [3.63, 3.8) is 0 Å². The number of aliphatic hydroxyl groups excluding tert-OH is 2. The van der Waals surface area contributed by atoms with E-state index in [4.69, 9.17) is 0 Å². The Morgan fingerprint density at radius 3 is 1.44 bits per heavy atom. The van der Waals surface area contributed by atoms with Crippen molar-refractivity contribution in [1.29, 1.82) is 0 Å². The minimum atomic E-state index is -0.869. The van der Waals surface area contributed by atoms with Gasteiger partial charge in [0, 0.05) is 6.42 Å². The van der Waals surface area contributed by atoms with Gasteiger partial charge in [0.2, 0.25) is 5.91 Å². The molecule has 41 heavy (non-hydrogen) atoms. The summed E-state index contributed by atoms with van der Waals surface area (Å²) >= 11 is 0. The number of carbonyl (C=O) groups is 1. The molecule has 0 aromatic heterocycles. The summed E-state index contributed by atoms with van der Waals surface area (Å²) in [6.45, 7) is 4.23. The number of amides is 1. The Balaban J connectivity index is 3.67. The van der Waals surface area contributed by atoms with Crippen LogP contribution in [0.25, 0.3) is 0 Å². The number of hydrogen-bond donors (Lipinski definition) is 3. The second-order valence-electron chi connectivity index (χ2n) is 11.9. The zero-order valence-corrected chi connectivity index (χ0v) is 27.3. The summed E-state index contributed by atoms with van der Waals surface area (Å²) < 4.78 is 0. The molecule has 0 aliphatic carbocycles. The van der Waals surface area contributed by atoms with E-state index in [0.29, 0.717) is 6.42 Å². The lowest BCUT2D eigenvalue weighted by molar-refractivity contribution is -0.122. The van der Waals surface area contributed by atoms with Crippen molar-refractivity contribution in [2.24, 2.45) is 0 Å². The van der Waals surface area contributed by atoms with Crippen LogP contribution in [0.3, 0.4) is 0 Å². The third-order valence-electron chi connectivity index (χ3n) is 7.85. The van der Waals surface area contributed by atoms with Crippen molar-refractivity contribution >= 4 is 5.91 Å². The fraction of sp³-hybridized carbons (Fsp3) is 0.811. The van der Waals surface area contributed by atoms with Gasteiger partial charge in [0.25, 0.3) is 0 Å². The number of aliphatic hydroxyl groups is 2. The van der Waals surface area contributed by atoms with Crippen LogP contribution in [0.2, 0.25) is 0 Å². The number of carbonyl (C=O) groups excluding carboxylic acids is 1. The molecule has 0 heterocycles. The highest BCUT2D eigenvalue weighted by molar-refractivity contribution is 5.76. The third kappa shape index (κ3) is 29.9. The molecule has 0 radical (unpaired) electrons. The highest BCUT2D eigenvalue weighted by Gasteiger charge is 2.17. The van der Waals surface area contributed by atoms with E-state index in [1.165, 1.54) is 116 Å². The van der Waals surface area contributed by atoms with E-state index < -0.39 is 12.1 Å². The monoisotopic (exact) mass is 576 g/mol. The molecule has 0 rings (SSSR count). The Hall–Kier alpha value is -1.39. The summed E-state index contributed by atoms with van der Waals surface area (Å²) in [5.74, 6) is -0.112. The van der Waals surface area contributed by atoms with E-state index in [2.05, 4.69) is 43.5 Å². The molecule has 0 fully saturated rings. The molecule has 240 valence electrons. The van der Waals surface area contributed by atoms with E-state index in [1.54, 1.807) is 6.08 Å². The predicted molar refractivity (Wildman–Crippen MR) is 179 cm³/mol. The fourth-order valence-electron chi connectivity index (χ4n) is 5.08. The van der Waals surface area contributed by atoms with Crippen LogP contribution >= 0.6 is 0 Å². The van der Waals surface area contributed by atoms with Crippen LogP contribution in [0, 0.1) is 0 Å². The molecule has 4 nitrogen and oxygen atoms in total. The van der Waals surface area contributed by atoms with Crippen LogP contribution in [-0.2, 0) is 4.79 Å². The van der Waals surface area contributed by atoms with Crippen LogP contribution in [-0.4, -0.2) is 34.9 Å². The van der Waals surface area contributed by atoms with Crippen molar-refractivity contribution in [3.8, 4) is 0 Å². The molecular weight excluding hydrogens is 506 g/mol. The first kappa shape index (κ1) is 39.6. The molecule has 0 bridgehead atoms. The SMILES string of the molecule is CCCCCC/C=C\CCCC(=O)NC(CO)C(O)/C=C/CC/C=C/CCCCCCCCCCCCCCCC. The number of nitrogens with one attached hydrogen (secondary N) is 1. The van der Waals surface area contributed by atoms with Gasteiger partial charge in [-0.25, -0.2) is 0 Å². The molecule has 0 saturated carbocycles. The first-order valence-electron chi connectivity index (χ1n) is 17.7. The van der Waals surface area contributed by atoms with Gasteiger partial charge >= 0.3 is 0 Å². The molecule has 3 N–H and O–H groups in total. The van der Waals surface area contributed by atoms with Crippen molar-refractivity contribution in [1.82, 2.24) is 5.32 Å². The lowest BCUT2D eigenvalue weighted by Gasteiger charge is -2.19. The molecule has 2 atom stereocenters. The quantitative estimate of drug-likeness (QED) is 0.0569. The predicted octanol–water partition coefficient (Wildman–Crippen LogP) is 10.3. The van der Waals surface area contributed by atoms with Crippen LogP contribution in [0.15, 0.2) is 36.5 Å². The van der Waals surface area contributed by atoms with Crippen molar-refractivity contribution in [3.05, 3.63) is 36.5 Å². The molecule has 0 aromatic rings. The summed E-state index contributed by atoms with van der Waals surface area (Å²) in [4.78, 5) is 12.2. The maximum atomic E-state index is 12.2. The zero-order valence-electron chi connectivity index (χ0n) is 27.3. The van der Waals surface area contributed by atoms with Gasteiger partial charge in [-0.1, -0.05) is 153 Å². The van der Waals surface area contributed by atoms with Gasteiger partial charge in [-0.05, 0) is 51.4 Å². The van der Waals surface area contributed by atoms with Crippen LogP contribution in [0.1, 0.15) is 174 Å². The Labute approximate surface area is 255 Å². The highest BCUT2D eigenvalue weighted by atomic mass is 16.3. The zero-order chi connectivity index (χ0) is 30.1. The van der Waals surface area contributed by atoms with Gasteiger partial charge in [-0.15, -0.1) is 0 Å². The maximum Gasteiger partial charge on any atom is 0.220 e. The lowest BCUT2D eigenvalue weighted by atomic mass is 10.0. The van der Waals surface area contributed by atoms with Gasteiger partial charge < -0.3 is 15.5 Å². The van der Waals surface area contributed by atoms with E-state index in [-0.39, 0.29) is 12.5 Å². The van der Waals surface area contributed by atoms with E-state index in [9.17, 15) is 15.0 Å². The van der Waals surface area contributed by atoms with Crippen molar-refractivity contribution < 1.29 is 15.0 Å². The first-order valence-corrected chi connectivity index (χ1v) is 17.7. The normalized spacial score (nSPS) is 13.6. The van der Waals surface area contributed by atoms with Gasteiger partial charge in [0.15, 0.2) is 0 Å². The summed E-state index contributed by atoms with van der Waals surface area (Å²) in [6.07, 6.45) is 42.4. The Morgan fingerprint density at radius 1 is 0.561 bits per heavy atom. The number of unbranched alkanes of at least 4 members (excludes halogenated alkanes) is 20. The minimum absolute atomic E-state index is 0.112. The van der Waals surface area contributed by atoms with Crippen LogP contribution < -0.4 is 5.32 Å². The minimum Gasteiger partial charge on any atom is -0.394 e. The molecule has 0 aliphatic heterocycles.